The lowest BCUT2D eigenvalue weighted by Gasteiger charge is -2.03. The maximum Gasteiger partial charge on any atom is 0.231 e. The molecule has 0 N–H and O–H groups in total. The van der Waals surface area contributed by atoms with Gasteiger partial charge in [0, 0.05) is 5.56 Å². The van der Waals surface area contributed by atoms with Crippen molar-refractivity contribution in [1.29, 1.82) is 5.26 Å². The molecule has 0 unspecified atom stereocenters. The van der Waals surface area contributed by atoms with Gasteiger partial charge in [0.25, 0.3) is 0 Å². The highest BCUT2D eigenvalue weighted by atomic mass is 16.5. The van der Waals surface area contributed by atoms with E-state index in [4.69, 9.17) is 4.52 Å². The number of carbonyl (C=O) groups excluding carboxylic acids is 1. The summed E-state index contributed by atoms with van der Waals surface area (Å²) in [6.45, 7) is 3.93. The molecule has 0 aliphatic heterocycles. The minimum Gasteiger partial charge on any atom is -0.351 e. The van der Waals surface area contributed by atoms with Crippen LogP contribution in [0, 0.1) is 25.2 Å². The zero-order valence-corrected chi connectivity index (χ0v) is 12.8. The molecule has 0 spiro atoms. The monoisotopic (exact) mass is 302 g/mol. The Kier molecular flexibility index (Phi) is 3.78. The molecule has 0 aliphatic rings. The van der Waals surface area contributed by atoms with Crippen LogP contribution in [0.15, 0.2) is 53.1 Å². The number of rotatable bonds is 3. The van der Waals surface area contributed by atoms with Crippen LogP contribution in [0.3, 0.4) is 0 Å². The van der Waals surface area contributed by atoms with E-state index < -0.39 is 0 Å². The fraction of sp³-hybridized carbons (Fsp3) is 0.105. The maximum atomic E-state index is 12.7. The molecule has 2 aromatic carbocycles. The number of hydrogen-bond acceptors (Lipinski definition) is 4. The van der Waals surface area contributed by atoms with E-state index in [1.165, 1.54) is 0 Å². The van der Waals surface area contributed by atoms with E-state index in [-0.39, 0.29) is 17.2 Å². The third kappa shape index (κ3) is 2.77. The SMILES string of the molecule is Cc1ccc(C(=O)c2onc(C#N)c2-c2ccc(C)cc2)cc1. The number of benzene rings is 2. The predicted octanol–water partition coefficient (Wildman–Crippen LogP) is 4.06. The van der Waals surface area contributed by atoms with Crippen LogP contribution in [0.5, 0.6) is 0 Å². The third-order valence-corrected chi connectivity index (χ3v) is 3.66. The van der Waals surface area contributed by atoms with Crippen LogP contribution in [0.1, 0.15) is 32.9 Å². The predicted molar refractivity (Wildman–Crippen MR) is 86.0 cm³/mol. The lowest BCUT2D eigenvalue weighted by Crippen LogP contribution is -2.02. The van der Waals surface area contributed by atoms with Crippen LogP contribution in [-0.2, 0) is 0 Å². The largest absolute Gasteiger partial charge is 0.351 e. The second kappa shape index (κ2) is 5.90. The highest BCUT2D eigenvalue weighted by Gasteiger charge is 2.24. The van der Waals surface area contributed by atoms with Crippen molar-refractivity contribution in [2.45, 2.75) is 13.8 Å². The molecule has 0 atom stereocenters. The number of hydrogen-bond donors (Lipinski definition) is 0. The molecule has 112 valence electrons. The molecule has 3 aromatic rings. The number of carbonyl (C=O) groups is 1. The summed E-state index contributed by atoms with van der Waals surface area (Å²) in [7, 11) is 0. The highest BCUT2D eigenvalue weighted by molar-refractivity contribution is 6.11. The molecule has 1 aromatic heterocycles. The van der Waals surface area contributed by atoms with Crippen LogP contribution in [0.2, 0.25) is 0 Å². The van der Waals surface area contributed by atoms with Crippen molar-refractivity contribution in [2.24, 2.45) is 0 Å². The number of aromatic nitrogens is 1. The van der Waals surface area contributed by atoms with Crippen molar-refractivity contribution < 1.29 is 9.32 Å². The molecule has 4 nitrogen and oxygen atoms in total. The van der Waals surface area contributed by atoms with E-state index in [1.54, 1.807) is 12.1 Å². The average molecular weight is 302 g/mol. The second-order valence-corrected chi connectivity index (χ2v) is 5.41. The molecule has 1 heterocycles. The summed E-state index contributed by atoms with van der Waals surface area (Å²) >= 11 is 0. The Labute approximate surface area is 134 Å². The zero-order chi connectivity index (χ0) is 16.4. The van der Waals surface area contributed by atoms with Gasteiger partial charge in [-0.15, -0.1) is 0 Å². The second-order valence-electron chi connectivity index (χ2n) is 5.41. The molecule has 0 saturated carbocycles. The van der Waals surface area contributed by atoms with Crippen molar-refractivity contribution in [3.05, 3.63) is 76.7 Å². The fourth-order valence-electron chi connectivity index (χ4n) is 2.35. The molecule has 0 saturated heterocycles. The lowest BCUT2D eigenvalue weighted by atomic mass is 9.98. The Bertz CT molecular complexity index is 898. The van der Waals surface area contributed by atoms with E-state index in [2.05, 4.69) is 5.16 Å². The smallest absolute Gasteiger partial charge is 0.231 e. The van der Waals surface area contributed by atoms with Crippen molar-refractivity contribution in [2.75, 3.05) is 0 Å². The summed E-state index contributed by atoms with van der Waals surface area (Å²) in [6.07, 6.45) is 0. The highest BCUT2D eigenvalue weighted by Crippen LogP contribution is 2.29. The van der Waals surface area contributed by atoms with E-state index in [0.29, 0.717) is 11.1 Å². The number of nitrogens with zero attached hydrogens (tertiary/aromatic N) is 2. The first-order chi connectivity index (χ1) is 11.1. The van der Waals surface area contributed by atoms with Gasteiger partial charge in [-0.05, 0) is 19.4 Å². The van der Waals surface area contributed by atoms with Gasteiger partial charge in [-0.25, -0.2) is 0 Å². The normalized spacial score (nSPS) is 10.3. The van der Waals surface area contributed by atoms with Crippen molar-refractivity contribution >= 4 is 5.78 Å². The minimum atomic E-state index is -0.283. The summed E-state index contributed by atoms with van der Waals surface area (Å²) in [4.78, 5) is 12.7. The topological polar surface area (TPSA) is 66.9 Å². The fourth-order valence-corrected chi connectivity index (χ4v) is 2.35. The quantitative estimate of drug-likeness (QED) is 0.684. The summed E-state index contributed by atoms with van der Waals surface area (Å²) in [6, 6.07) is 16.7. The number of nitriles is 1. The molecule has 0 fully saturated rings. The Balaban J connectivity index is 2.12. The van der Waals surface area contributed by atoms with E-state index >= 15 is 0 Å². The molecular formula is C19H14N2O2. The van der Waals surface area contributed by atoms with Crippen LogP contribution in [0.25, 0.3) is 11.1 Å². The first-order valence-corrected chi connectivity index (χ1v) is 7.18. The molecule has 0 radical (unpaired) electrons. The van der Waals surface area contributed by atoms with E-state index in [0.717, 1.165) is 16.7 Å². The molecule has 23 heavy (non-hydrogen) atoms. The summed E-state index contributed by atoms with van der Waals surface area (Å²) in [5, 5.41) is 13.0. The van der Waals surface area contributed by atoms with E-state index in [1.807, 2.05) is 56.3 Å². The van der Waals surface area contributed by atoms with Gasteiger partial charge < -0.3 is 4.52 Å². The minimum absolute atomic E-state index is 0.0919. The van der Waals surface area contributed by atoms with Crippen molar-refractivity contribution in [3.8, 4) is 17.2 Å². The molecule has 3 rings (SSSR count). The van der Waals surface area contributed by atoms with Gasteiger partial charge in [0.1, 0.15) is 6.07 Å². The standard InChI is InChI=1S/C19H14N2O2/c1-12-3-7-14(8-4-12)17-16(11-20)21-23-19(17)18(22)15-9-5-13(2)6-10-15/h3-10H,1-2H3. The molecule has 0 aliphatic carbocycles. The Hall–Kier alpha value is -3.19. The average Bonchev–Trinajstić information content (AvgIpc) is 2.99. The Morgan fingerprint density at radius 2 is 1.57 bits per heavy atom. The zero-order valence-electron chi connectivity index (χ0n) is 12.8. The van der Waals surface area contributed by atoms with Gasteiger partial charge in [0.05, 0.1) is 5.56 Å². The van der Waals surface area contributed by atoms with Crippen LogP contribution >= 0.6 is 0 Å². The summed E-state index contributed by atoms with van der Waals surface area (Å²) in [5.41, 5.74) is 3.96. The van der Waals surface area contributed by atoms with Gasteiger partial charge in [-0.1, -0.05) is 64.8 Å². The molecular weight excluding hydrogens is 288 g/mol. The molecule has 4 heteroatoms. The molecule has 0 bridgehead atoms. The van der Waals surface area contributed by atoms with E-state index in [9.17, 15) is 10.1 Å². The van der Waals surface area contributed by atoms with Crippen LogP contribution in [0.4, 0.5) is 0 Å². The number of ketones is 1. The number of aryl methyl sites for hydroxylation is 2. The van der Waals surface area contributed by atoms with Crippen LogP contribution < -0.4 is 0 Å². The Morgan fingerprint density at radius 1 is 1.00 bits per heavy atom. The third-order valence-electron chi connectivity index (χ3n) is 3.66. The maximum absolute atomic E-state index is 12.7. The van der Waals surface area contributed by atoms with Crippen LogP contribution in [-0.4, -0.2) is 10.9 Å². The summed E-state index contributed by atoms with van der Waals surface area (Å²) < 4.78 is 5.20. The lowest BCUT2D eigenvalue weighted by molar-refractivity contribution is 0.100. The van der Waals surface area contributed by atoms with Gasteiger partial charge in [0.15, 0.2) is 5.69 Å². The van der Waals surface area contributed by atoms with Crippen molar-refractivity contribution in [3.63, 3.8) is 0 Å². The van der Waals surface area contributed by atoms with Gasteiger partial charge in [0.2, 0.25) is 11.5 Å². The Morgan fingerprint density at radius 3 is 2.13 bits per heavy atom. The van der Waals surface area contributed by atoms with Gasteiger partial charge in [-0.3, -0.25) is 4.79 Å². The van der Waals surface area contributed by atoms with Crippen molar-refractivity contribution in [1.82, 2.24) is 5.16 Å². The van der Waals surface area contributed by atoms with Gasteiger partial charge in [-0.2, -0.15) is 5.26 Å². The first kappa shape index (κ1) is 14.7. The van der Waals surface area contributed by atoms with Gasteiger partial charge >= 0.3 is 0 Å². The first-order valence-electron chi connectivity index (χ1n) is 7.18. The molecule has 0 amide bonds. The summed E-state index contributed by atoms with van der Waals surface area (Å²) in [5.74, 6) is -0.191.